The minimum absolute atomic E-state index is 0.573. The number of rotatable bonds is 1. The first-order valence-electron chi connectivity index (χ1n) is 4.43. The van der Waals surface area contributed by atoms with E-state index in [4.69, 9.17) is 5.73 Å². The monoisotopic (exact) mass is 257 g/mol. The predicted molar refractivity (Wildman–Crippen MR) is 61.3 cm³/mol. The fourth-order valence-corrected chi connectivity index (χ4v) is 3.43. The van der Waals surface area contributed by atoms with Crippen LogP contribution in [-0.4, -0.2) is 12.3 Å². The summed E-state index contributed by atoms with van der Waals surface area (Å²) in [5.41, 5.74) is 7.17. The largest absolute Gasteiger partial charge is 0.330 e. The standard InChI is InChI=1S/C10H12BrNS/c11-8-1-2-9-7(6-12)3-4-13-10(9)5-8/h1-2,5,7H,3-4,6,12H2. The fraction of sp³-hybridized carbons (Fsp3) is 0.400. The summed E-state index contributed by atoms with van der Waals surface area (Å²) in [7, 11) is 0. The van der Waals surface area contributed by atoms with E-state index in [1.165, 1.54) is 22.6 Å². The number of hydrogen-bond acceptors (Lipinski definition) is 2. The van der Waals surface area contributed by atoms with Gasteiger partial charge in [0.15, 0.2) is 0 Å². The lowest BCUT2D eigenvalue weighted by molar-refractivity contribution is 0.658. The average Bonchev–Trinajstić information content (AvgIpc) is 2.16. The van der Waals surface area contributed by atoms with E-state index in [2.05, 4.69) is 34.1 Å². The Kier molecular flexibility index (Phi) is 2.96. The Balaban J connectivity index is 2.40. The molecule has 0 saturated carbocycles. The van der Waals surface area contributed by atoms with Crippen molar-refractivity contribution in [3.8, 4) is 0 Å². The second-order valence-electron chi connectivity index (χ2n) is 3.25. The highest BCUT2D eigenvalue weighted by molar-refractivity contribution is 9.10. The summed E-state index contributed by atoms with van der Waals surface area (Å²) in [5.74, 6) is 1.77. The minimum Gasteiger partial charge on any atom is -0.330 e. The molecule has 1 aromatic carbocycles. The second-order valence-corrected chi connectivity index (χ2v) is 5.30. The van der Waals surface area contributed by atoms with Crippen molar-refractivity contribution in [1.82, 2.24) is 0 Å². The van der Waals surface area contributed by atoms with Crippen molar-refractivity contribution >= 4 is 27.7 Å². The van der Waals surface area contributed by atoms with Crippen LogP contribution in [0.1, 0.15) is 17.9 Å². The van der Waals surface area contributed by atoms with E-state index < -0.39 is 0 Å². The van der Waals surface area contributed by atoms with Gasteiger partial charge in [-0.3, -0.25) is 0 Å². The molecule has 2 rings (SSSR count). The number of nitrogens with two attached hydrogens (primary N) is 1. The van der Waals surface area contributed by atoms with E-state index in [1.807, 2.05) is 11.8 Å². The number of hydrogen-bond donors (Lipinski definition) is 1. The lowest BCUT2D eigenvalue weighted by atomic mass is 9.96. The quantitative estimate of drug-likeness (QED) is 0.838. The molecule has 1 aliphatic heterocycles. The van der Waals surface area contributed by atoms with Crippen LogP contribution in [0.2, 0.25) is 0 Å². The molecule has 0 aliphatic carbocycles. The van der Waals surface area contributed by atoms with Crippen LogP contribution in [-0.2, 0) is 0 Å². The Hall–Kier alpha value is 0.01000. The molecule has 1 aliphatic rings. The first-order chi connectivity index (χ1) is 6.31. The van der Waals surface area contributed by atoms with Crippen molar-refractivity contribution in [2.24, 2.45) is 5.73 Å². The predicted octanol–water partition coefficient (Wildman–Crippen LogP) is 2.99. The molecule has 1 heterocycles. The molecule has 1 aromatic rings. The highest BCUT2D eigenvalue weighted by Gasteiger charge is 2.18. The molecule has 0 amide bonds. The van der Waals surface area contributed by atoms with Crippen LogP contribution < -0.4 is 5.73 Å². The summed E-state index contributed by atoms with van der Waals surface area (Å²) in [6.07, 6.45) is 1.22. The summed E-state index contributed by atoms with van der Waals surface area (Å²) >= 11 is 5.42. The van der Waals surface area contributed by atoms with Crippen LogP contribution in [0.5, 0.6) is 0 Å². The van der Waals surface area contributed by atoms with Crippen molar-refractivity contribution in [2.45, 2.75) is 17.2 Å². The van der Waals surface area contributed by atoms with Crippen molar-refractivity contribution in [1.29, 1.82) is 0 Å². The third-order valence-electron chi connectivity index (χ3n) is 2.42. The Morgan fingerprint density at radius 1 is 1.54 bits per heavy atom. The molecule has 13 heavy (non-hydrogen) atoms. The zero-order valence-corrected chi connectivity index (χ0v) is 9.70. The van der Waals surface area contributed by atoms with E-state index in [0.29, 0.717) is 5.92 Å². The molecule has 0 radical (unpaired) electrons. The van der Waals surface area contributed by atoms with Crippen molar-refractivity contribution in [3.05, 3.63) is 28.2 Å². The van der Waals surface area contributed by atoms with Gasteiger partial charge in [0, 0.05) is 9.37 Å². The summed E-state index contributed by atoms with van der Waals surface area (Å²) < 4.78 is 1.16. The van der Waals surface area contributed by atoms with Crippen molar-refractivity contribution in [3.63, 3.8) is 0 Å². The Labute approximate surface area is 91.2 Å². The van der Waals surface area contributed by atoms with Gasteiger partial charge in [-0.2, -0.15) is 0 Å². The average molecular weight is 258 g/mol. The van der Waals surface area contributed by atoms with Gasteiger partial charge in [0.25, 0.3) is 0 Å². The van der Waals surface area contributed by atoms with E-state index in [0.717, 1.165) is 11.0 Å². The number of fused-ring (bicyclic) bond motifs is 1. The SMILES string of the molecule is NCC1CCSc2cc(Br)ccc21. The molecular weight excluding hydrogens is 246 g/mol. The van der Waals surface area contributed by atoms with Crippen LogP contribution in [0.25, 0.3) is 0 Å². The van der Waals surface area contributed by atoms with Gasteiger partial charge in [-0.05, 0) is 42.3 Å². The maximum atomic E-state index is 5.74. The topological polar surface area (TPSA) is 26.0 Å². The molecule has 1 nitrogen and oxygen atoms in total. The van der Waals surface area contributed by atoms with E-state index in [9.17, 15) is 0 Å². The van der Waals surface area contributed by atoms with E-state index in [1.54, 1.807) is 0 Å². The smallest absolute Gasteiger partial charge is 0.0186 e. The van der Waals surface area contributed by atoms with Crippen LogP contribution >= 0.6 is 27.7 Å². The normalized spacial score (nSPS) is 21.2. The number of thioether (sulfide) groups is 1. The summed E-state index contributed by atoms with van der Waals surface area (Å²) in [5, 5.41) is 0. The zero-order valence-electron chi connectivity index (χ0n) is 7.29. The van der Waals surface area contributed by atoms with E-state index >= 15 is 0 Å². The fourth-order valence-electron chi connectivity index (χ4n) is 1.68. The first-order valence-corrected chi connectivity index (χ1v) is 6.21. The highest BCUT2D eigenvalue weighted by Crippen LogP contribution is 2.38. The third kappa shape index (κ3) is 1.92. The molecule has 2 N–H and O–H groups in total. The summed E-state index contributed by atoms with van der Waals surface area (Å²) in [6, 6.07) is 6.50. The first kappa shape index (κ1) is 9.56. The Bertz CT molecular complexity index is 314. The maximum absolute atomic E-state index is 5.74. The summed E-state index contributed by atoms with van der Waals surface area (Å²) in [4.78, 5) is 1.40. The van der Waals surface area contributed by atoms with Crippen LogP contribution in [0.4, 0.5) is 0 Å². The van der Waals surface area contributed by atoms with Crippen LogP contribution in [0.3, 0.4) is 0 Å². The molecule has 70 valence electrons. The number of halogens is 1. The highest BCUT2D eigenvalue weighted by atomic mass is 79.9. The molecule has 0 fully saturated rings. The molecule has 1 unspecified atom stereocenters. The van der Waals surface area contributed by atoms with Crippen LogP contribution in [0, 0.1) is 0 Å². The lowest BCUT2D eigenvalue weighted by Crippen LogP contribution is -2.16. The third-order valence-corrected chi connectivity index (χ3v) is 4.02. The van der Waals surface area contributed by atoms with Crippen LogP contribution in [0.15, 0.2) is 27.6 Å². The van der Waals surface area contributed by atoms with Gasteiger partial charge >= 0.3 is 0 Å². The van der Waals surface area contributed by atoms with Crippen molar-refractivity contribution < 1.29 is 0 Å². The van der Waals surface area contributed by atoms with Gasteiger partial charge < -0.3 is 5.73 Å². The van der Waals surface area contributed by atoms with Crippen molar-refractivity contribution in [2.75, 3.05) is 12.3 Å². The van der Waals surface area contributed by atoms with E-state index in [-0.39, 0.29) is 0 Å². The van der Waals surface area contributed by atoms with Gasteiger partial charge in [-0.25, -0.2) is 0 Å². The summed E-state index contributed by atoms with van der Waals surface area (Å²) in [6.45, 7) is 0.773. The van der Waals surface area contributed by atoms with Gasteiger partial charge in [0.05, 0.1) is 0 Å². The molecular formula is C10H12BrNS. The molecule has 0 aromatic heterocycles. The van der Waals surface area contributed by atoms with Gasteiger partial charge in [-0.1, -0.05) is 22.0 Å². The minimum atomic E-state index is 0.573. The Morgan fingerprint density at radius 3 is 3.15 bits per heavy atom. The lowest BCUT2D eigenvalue weighted by Gasteiger charge is -2.23. The second kappa shape index (κ2) is 4.03. The number of benzene rings is 1. The molecule has 0 bridgehead atoms. The molecule has 3 heteroatoms. The van der Waals surface area contributed by atoms with Gasteiger partial charge in [0.2, 0.25) is 0 Å². The zero-order chi connectivity index (χ0) is 9.26. The van der Waals surface area contributed by atoms with Gasteiger partial charge in [-0.15, -0.1) is 11.8 Å². The maximum Gasteiger partial charge on any atom is 0.0186 e. The molecule has 0 spiro atoms. The van der Waals surface area contributed by atoms with Gasteiger partial charge in [0.1, 0.15) is 0 Å². The molecule has 1 atom stereocenters. The Morgan fingerprint density at radius 2 is 2.38 bits per heavy atom. The molecule has 0 saturated heterocycles.